The van der Waals surface area contributed by atoms with Gasteiger partial charge >= 0.3 is 34.2 Å². The lowest BCUT2D eigenvalue weighted by molar-refractivity contribution is -0.153. The third-order valence-corrected chi connectivity index (χ3v) is 6.24. The Morgan fingerprint density at radius 3 is 1.85 bits per heavy atom. The first-order chi connectivity index (χ1) is 18.3. The molecule has 0 saturated heterocycles. The zero-order valence-corrected chi connectivity index (χ0v) is 22.9. The quantitative estimate of drug-likeness (QED) is 0.300. The molecule has 1 atom stereocenters. The molecule has 212 valence electrons. The van der Waals surface area contributed by atoms with Gasteiger partial charge in [0, 0.05) is 0 Å². The number of methoxy groups -OCH3 is 1. The number of hydrogen-bond acceptors (Lipinski definition) is 10. The Balaban J connectivity index is 2.26. The first kappa shape index (κ1) is 31.2. The Kier molecular flexibility index (Phi) is 11.4. The van der Waals surface area contributed by atoms with Crippen molar-refractivity contribution in [2.24, 2.45) is 0 Å². The van der Waals surface area contributed by atoms with Crippen LogP contribution in [0.1, 0.15) is 38.3 Å². The molecule has 0 aliphatic heterocycles. The fourth-order valence-corrected chi connectivity index (χ4v) is 4.13. The van der Waals surface area contributed by atoms with Crippen molar-refractivity contribution in [3.63, 3.8) is 0 Å². The molecule has 1 N–H and O–H groups in total. The average Bonchev–Trinajstić information content (AvgIpc) is 2.88. The van der Waals surface area contributed by atoms with Gasteiger partial charge in [0.25, 0.3) is 0 Å². The summed E-state index contributed by atoms with van der Waals surface area (Å²) in [6.45, 7) is 3.10. The highest BCUT2D eigenvalue weighted by Crippen LogP contribution is 2.14. The monoisotopic (exact) mass is 564 g/mol. The molecule has 2 aromatic rings. The van der Waals surface area contributed by atoms with Crippen LogP contribution in [0.25, 0.3) is 0 Å². The number of rotatable bonds is 12. The van der Waals surface area contributed by atoms with Gasteiger partial charge in [-0.3, -0.25) is 14.4 Å². The molecule has 12 nitrogen and oxygen atoms in total. The van der Waals surface area contributed by atoms with Crippen LogP contribution in [0.5, 0.6) is 0 Å². The van der Waals surface area contributed by atoms with Crippen LogP contribution < -0.4 is 4.72 Å². The van der Waals surface area contributed by atoms with Crippen LogP contribution in [0.2, 0.25) is 0 Å². The molecule has 39 heavy (non-hydrogen) atoms. The van der Waals surface area contributed by atoms with Crippen molar-refractivity contribution in [3.05, 3.63) is 71.8 Å². The minimum atomic E-state index is -4.94. The van der Waals surface area contributed by atoms with Crippen molar-refractivity contribution in [3.8, 4) is 0 Å². The van der Waals surface area contributed by atoms with Crippen LogP contribution in [-0.4, -0.2) is 62.0 Å². The summed E-state index contributed by atoms with van der Waals surface area (Å²) in [6, 6.07) is 15.5. The second-order valence-electron chi connectivity index (χ2n) is 9.18. The van der Waals surface area contributed by atoms with E-state index in [1.54, 1.807) is 60.7 Å². The Hall–Kier alpha value is -3.97. The third kappa shape index (κ3) is 11.1. The Morgan fingerprint density at radius 2 is 1.36 bits per heavy atom. The Bertz CT molecular complexity index is 1230. The van der Waals surface area contributed by atoms with Crippen molar-refractivity contribution in [2.75, 3.05) is 13.7 Å². The SMILES string of the molecule is COC(=O)CN(C(=O)OC(C)(C)C)S(=O)(=O)N[C@@H](CC(=O)OCc1ccccc1)C(=O)OCc1ccccc1. The van der Waals surface area contributed by atoms with E-state index in [2.05, 4.69) is 4.74 Å². The van der Waals surface area contributed by atoms with Gasteiger partial charge in [0.05, 0.1) is 13.5 Å². The summed E-state index contributed by atoms with van der Waals surface area (Å²) in [7, 11) is -3.94. The summed E-state index contributed by atoms with van der Waals surface area (Å²) in [5.41, 5.74) is 0.167. The first-order valence-electron chi connectivity index (χ1n) is 11.8. The van der Waals surface area contributed by atoms with E-state index in [9.17, 15) is 27.6 Å². The van der Waals surface area contributed by atoms with E-state index < -0.39 is 58.8 Å². The van der Waals surface area contributed by atoms with Gasteiger partial charge in [-0.05, 0) is 31.9 Å². The molecule has 0 radical (unpaired) electrons. The number of hydrogen-bond donors (Lipinski definition) is 1. The highest BCUT2D eigenvalue weighted by Gasteiger charge is 2.38. The molecule has 0 fully saturated rings. The van der Waals surface area contributed by atoms with Crippen LogP contribution in [0, 0.1) is 0 Å². The molecular weight excluding hydrogens is 532 g/mol. The van der Waals surface area contributed by atoms with Gasteiger partial charge in [-0.25, -0.2) is 4.79 Å². The van der Waals surface area contributed by atoms with E-state index in [-0.39, 0.29) is 17.5 Å². The summed E-state index contributed by atoms with van der Waals surface area (Å²) >= 11 is 0. The molecule has 1 amide bonds. The average molecular weight is 565 g/mol. The van der Waals surface area contributed by atoms with Crippen molar-refractivity contribution in [1.29, 1.82) is 0 Å². The molecule has 0 aromatic heterocycles. The number of benzene rings is 2. The first-order valence-corrected chi connectivity index (χ1v) is 13.2. The van der Waals surface area contributed by atoms with Gasteiger partial charge in [0.2, 0.25) is 0 Å². The molecule has 0 unspecified atom stereocenters. The van der Waals surface area contributed by atoms with Crippen LogP contribution >= 0.6 is 0 Å². The van der Waals surface area contributed by atoms with Crippen molar-refractivity contribution < 1.29 is 46.5 Å². The molecule has 0 heterocycles. The van der Waals surface area contributed by atoms with Crippen LogP contribution in [0.3, 0.4) is 0 Å². The number of nitrogens with one attached hydrogen (secondary N) is 1. The maximum atomic E-state index is 13.2. The molecule has 2 aromatic carbocycles. The van der Waals surface area contributed by atoms with Gasteiger partial charge in [-0.1, -0.05) is 60.7 Å². The molecule has 0 aliphatic carbocycles. The van der Waals surface area contributed by atoms with Crippen LogP contribution in [-0.2, 0) is 56.8 Å². The summed E-state index contributed by atoms with van der Waals surface area (Å²) in [4.78, 5) is 50.0. The zero-order chi connectivity index (χ0) is 29.1. The number of amides is 1. The molecule has 0 bridgehead atoms. The normalized spacial score (nSPS) is 12.1. The number of esters is 3. The maximum Gasteiger partial charge on any atom is 0.425 e. The molecule has 0 spiro atoms. The predicted octanol–water partition coefficient (Wildman–Crippen LogP) is 2.48. The van der Waals surface area contributed by atoms with Gasteiger partial charge in [0.1, 0.15) is 31.4 Å². The lowest BCUT2D eigenvalue weighted by Gasteiger charge is -2.27. The molecule has 13 heteroatoms. The number of ether oxygens (including phenoxy) is 4. The zero-order valence-electron chi connectivity index (χ0n) is 22.1. The Labute approximate surface area is 227 Å². The Morgan fingerprint density at radius 1 is 0.846 bits per heavy atom. The topological polar surface area (TPSA) is 155 Å². The summed E-state index contributed by atoms with van der Waals surface area (Å²) in [6.07, 6.45) is -2.16. The molecule has 0 aliphatic rings. The number of carbonyl (C=O) groups excluding carboxylic acids is 4. The third-order valence-electron chi connectivity index (χ3n) is 4.80. The summed E-state index contributed by atoms with van der Waals surface area (Å²) in [5, 5.41) is 0. The maximum absolute atomic E-state index is 13.2. The predicted molar refractivity (Wildman–Crippen MR) is 138 cm³/mol. The summed E-state index contributed by atoms with van der Waals surface area (Å²) in [5.74, 6) is -3.10. The molecular formula is C26H32N2O10S. The largest absolute Gasteiger partial charge is 0.468 e. The lowest BCUT2D eigenvalue weighted by Crippen LogP contribution is -2.53. The van der Waals surface area contributed by atoms with E-state index in [0.29, 0.717) is 11.1 Å². The second-order valence-corrected chi connectivity index (χ2v) is 10.8. The van der Waals surface area contributed by atoms with Crippen molar-refractivity contribution in [2.45, 2.75) is 52.0 Å². The molecule has 0 saturated carbocycles. The van der Waals surface area contributed by atoms with Crippen molar-refractivity contribution >= 4 is 34.2 Å². The second kappa shape index (κ2) is 14.3. The highest BCUT2D eigenvalue weighted by molar-refractivity contribution is 7.87. The van der Waals surface area contributed by atoms with Crippen LogP contribution in [0.4, 0.5) is 4.79 Å². The van der Waals surface area contributed by atoms with E-state index in [4.69, 9.17) is 14.2 Å². The summed E-state index contributed by atoms with van der Waals surface area (Å²) < 4.78 is 48.4. The van der Waals surface area contributed by atoms with Crippen LogP contribution in [0.15, 0.2) is 60.7 Å². The standard InChI is InChI=1S/C26H32N2O10S/c1-26(2,3)38-25(32)28(16-23(30)35-4)39(33,34)27-21(24(31)37-18-20-13-9-6-10-14-20)15-22(29)36-17-19-11-7-5-8-12-19/h5-14,21,27H,15-18H2,1-4H3/t21-/m0/s1. The van der Waals surface area contributed by atoms with Crippen molar-refractivity contribution in [1.82, 2.24) is 9.03 Å². The van der Waals surface area contributed by atoms with E-state index in [0.717, 1.165) is 7.11 Å². The minimum absolute atomic E-state index is 0.0663. The number of carbonyl (C=O) groups is 4. The fraction of sp³-hybridized carbons (Fsp3) is 0.385. The molecule has 2 rings (SSSR count). The highest BCUT2D eigenvalue weighted by atomic mass is 32.2. The lowest BCUT2D eigenvalue weighted by atomic mass is 10.2. The van der Waals surface area contributed by atoms with Gasteiger partial charge in [-0.2, -0.15) is 17.4 Å². The minimum Gasteiger partial charge on any atom is -0.468 e. The van der Waals surface area contributed by atoms with Gasteiger partial charge in [-0.15, -0.1) is 0 Å². The van der Waals surface area contributed by atoms with E-state index >= 15 is 0 Å². The van der Waals surface area contributed by atoms with E-state index in [1.807, 2.05) is 4.72 Å². The smallest absolute Gasteiger partial charge is 0.425 e. The van der Waals surface area contributed by atoms with Gasteiger partial charge in [0.15, 0.2) is 0 Å². The number of nitrogens with zero attached hydrogens (tertiary/aromatic N) is 1. The van der Waals surface area contributed by atoms with Gasteiger partial charge < -0.3 is 18.9 Å². The van der Waals surface area contributed by atoms with E-state index in [1.165, 1.54) is 20.8 Å². The fourth-order valence-electron chi connectivity index (χ4n) is 2.95.